The lowest BCUT2D eigenvalue weighted by Crippen LogP contribution is -2.03. The third-order valence-electron chi connectivity index (χ3n) is 3.78. The third-order valence-corrected chi connectivity index (χ3v) is 4.94. The Bertz CT molecular complexity index is 916. The lowest BCUT2D eigenvalue weighted by molar-refractivity contribution is -0.133. The molecule has 0 saturated heterocycles. The summed E-state index contributed by atoms with van der Waals surface area (Å²) in [6.45, 7) is -0.00183. The molecule has 3 rings (SSSR count). The molecule has 0 fully saturated rings. The van der Waals surface area contributed by atoms with Gasteiger partial charge < -0.3 is 9.47 Å². The van der Waals surface area contributed by atoms with E-state index >= 15 is 0 Å². The molecule has 7 heteroatoms. The second-order valence-corrected chi connectivity index (χ2v) is 6.76. The average Bonchev–Trinajstić information content (AvgIpc) is 3.12. The lowest BCUT2D eigenvalue weighted by atomic mass is 10.1. The molecule has 3 nitrogen and oxygen atoms in total. The van der Waals surface area contributed by atoms with Crippen molar-refractivity contribution < 1.29 is 27.4 Å². The summed E-state index contributed by atoms with van der Waals surface area (Å²) in [5.74, 6) is -0.0204. The van der Waals surface area contributed by atoms with E-state index in [4.69, 9.17) is 4.74 Å². The van der Waals surface area contributed by atoms with Crippen molar-refractivity contribution in [1.29, 1.82) is 0 Å². The van der Waals surface area contributed by atoms with Gasteiger partial charge in [-0.1, -0.05) is 30.3 Å². The van der Waals surface area contributed by atoms with Crippen molar-refractivity contribution in [3.63, 3.8) is 0 Å². The number of hydrogen-bond acceptors (Lipinski definition) is 4. The maximum absolute atomic E-state index is 13.4. The molecule has 1 aromatic heterocycles. The van der Waals surface area contributed by atoms with Crippen molar-refractivity contribution >= 4 is 17.3 Å². The Morgan fingerprint density at radius 3 is 2.30 bits per heavy atom. The van der Waals surface area contributed by atoms with Gasteiger partial charge in [0.1, 0.15) is 17.2 Å². The second-order valence-electron chi connectivity index (χ2n) is 5.62. The van der Waals surface area contributed by atoms with Gasteiger partial charge in [-0.3, -0.25) is 0 Å². The Morgan fingerprint density at radius 2 is 1.70 bits per heavy atom. The summed E-state index contributed by atoms with van der Waals surface area (Å²) in [6, 6.07) is 16.2. The predicted molar refractivity (Wildman–Crippen MR) is 96.9 cm³/mol. The summed E-state index contributed by atoms with van der Waals surface area (Å²) in [5, 5.41) is 0. The van der Waals surface area contributed by atoms with Crippen LogP contribution >= 0.6 is 11.3 Å². The summed E-state index contributed by atoms with van der Waals surface area (Å²) in [6.07, 6.45) is -4.43. The molecule has 0 aliphatic heterocycles. The molecule has 0 aliphatic carbocycles. The van der Waals surface area contributed by atoms with E-state index in [-0.39, 0.29) is 12.2 Å². The number of esters is 1. The molecule has 0 unspecified atom stereocenters. The largest absolute Gasteiger partial charge is 0.488 e. The van der Waals surface area contributed by atoms with Gasteiger partial charge in [-0.25, -0.2) is 4.79 Å². The minimum absolute atomic E-state index is 0.00183. The first kappa shape index (κ1) is 19.0. The molecule has 0 bridgehead atoms. The number of alkyl halides is 3. The van der Waals surface area contributed by atoms with Crippen LogP contribution in [0.2, 0.25) is 0 Å². The van der Waals surface area contributed by atoms with Crippen LogP contribution in [-0.4, -0.2) is 13.1 Å². The van der Waals surface area contributed by atoms with Gasteiger partial charge in [-0.05, 0) is 35.9 Å². The van der Waals surface area contributed by atoms with E-state index in [2.05, 4.69) is 4.74 Å². The first-order chi connectivity index (χ1) is 12.9. The summed E-state index contributed by atoms with van der Waals surface area (Å²) >= 11 is 0.668. The quantitative estimate of drug-likeness (QED) is 0.515. The first-order valence-electron chi connectivity index (χ1n) is 7.95. The normalized spacial score (nSPS) is 11.3. The molecule has 140 valence electrons. The predicted octanol–water partition coefficient (Wildman–Crippen LogP) is 5.80. The monoisotopic (exact) mass is 392 g/mol. The van der Waals surface area contributed by atoms with E-state index in [1.165, 1.54) is 25.3 Å². The molecule has 0 aliphatic rings. The Kier molecular flexibility index (Phi) is 5.51. The number of carbonyl (C=O) groups excluding carboxylic acids is 1. The zero-order valence-corrected chi connectivity index (χ0v) is 15.1. The topological polar surface area (TPSA) is 35.5 Å². The van der Waals surface area contributed by atoms with Crippen LogP contribution < -0.4 is 4.74 Å². The number of methoxy groups -OCH3 is 1. The van der Waals surface area contributed by atoms with Gasteiger partial charge in [0.25, 0.3) is 0 Å². The number of halogens is 3. The molecule has 0 spiro atoms. The number of hydrogen-bond donors (Lipinski definition) is 0. The van der Waals surface area contributed by atoms with Crippen LogP contribution in [0.4, 0.5) is 13.2 Å². The second kappa shape index (κ2) is 7.84. The number of thiophene rings is 1. The minimum atomic E-state index is -4.43. The fraction of sp³-hybridized carbons (Fsp3) is 0.150. The number of ether oxygens (including phenoxy) is 2. The Morgan fingerprint density at radius 1 is 1.04 bits per heavy atom. The van der Waals surface area contributed by atoms with Crippen molar-refractivity contribution in [2.24, 2.45) is 0 Å². The van der Waals surface area contributed by atoms with Crippen LogP contribution in [0.15, 0.2) is 60.7 Å². The molecule has 0 atom stereocenters. The Labute approximate surface area is 158 Å². The SMILES string of the molecule is COC(=O)c1ccc(OCc2cc(-c3ccccc3)c(C(F)(F)F)s2)cc1. The Hall–Kier alpha value is -2.80. The maximum atomic E-state index is 13.4. The van der Waals surface area contributed by atoms with Gasteiger partial charge in [0, 0.05) is 10.4 Å². The molecule has 0 saturated carbocycles. The third kappa shape index (κ3) is 4.49. The fourth-order valence-electron chi connectivity index (χ4n) is 2.52. The molecule has 2 aromatic carbocycles. The highest BCUT2D eigenvalue weighted by molar-refractivity contribution is 7.12. The number of benzene rings is 2. The average molecular weight is 392 g/mol. The van der Waals surface area contributed by atoms with E-state index in [1.54, 1.807) is 42.5 Å². The molecule has 3 aromatic rings. The van der Waals surface area contributed by atoms with Crippen molar-refractivity contribution in [1.82, 2.24) is 0 Å². The van der Waals surface area contributed by atoms with E-state index in [0.717, 1.165) is 0 Å². The van der Waals surface area contributed by atoms with Gasteiger partial charge >= 0.3 is 12.1 Å². The highest BCUT2D eigenvalue weighted by atomic mass is 32.1. The molecule has 0 radical (unpaired) electrons. The van der Waals surface area contributed by atoms with Gasteiger partial charge in [-0.15, -0.1) is 11.3 Å². The van der Waals surface area contributed by atoms with Crippen LogP contribution in [0.5, 0.6) is 5.75 Å². The van der Waals surface area contributed by atoms with Crippen molar-refractivity contribution in [3.05, 3.63) is 76.0 Å². The van der Waals surface area contributed by atoms with Gasteiger partial charge in [0.15, 0.2) is 0 Å². The lowest BCUT2D eigenvalue weighted by Gasteiger charge is -2.07. The van der Waals surface area contributed by atoms with Crippen LogP contribution in [0, 0.1) is 0 Å². The summed E-state index contributed by atoms with van der Waals surface area (Å²) in [4.78, 5) is 11.2. The fourth-order valence-corrected chi connectivity index (χ4v) is 3.47. The molecular formula is C20H15F3O3S. The molecule has 0 amide bonds. The maximum Gasteiger partial charge on any atom is 0.426 e. The molecule has 27 heavy (non-hydrogen) atoms. The summed E-state index contributed by atoms with van der Waals surface area (Å²) in [5.41, 5.74) is 1.02. The number of carbonyl (C=O) groups is 1. The Balaban J connectivity index is 1.79. The van der Waals surface area contributed by atoms with Gasteiger partial charge in [0.2, 0.25) is 0 Å². The van der Waals surface area contributed by atoms with Crippen molar-refractivity contribution in [2.45, 2.75) is 12.8 Å². The highest BCUT2D eigenvalue weighted by Gasteiger charge is 2.36. The van der Waals surface area contributed by atoms with E-state index < -0.39 is 17.0 Å². The molecule has 0 N–H and O–H groups in total. The van der Waals surface area contributed by atoms with E-state index in [0.29, 0.717) is 33.1 Å². The van der Waals surface area contributed by atoms with Crippen molar-refractivity contribution in [2.75, 3.05) is 7.11 Å². The number of rotatable bonds is 5. The van der Waals surface area contributed by atoms with Crippen LogP contribution in [-0.2, 0) is 17.5 Å². The van der Waals surface area contributed by atoms with Crippen molar-refractivity contribution in [3.8, 4) is 16.9 Å². The standard InChI is InChI=1S/C20H15F3O3S/c1-25-19(24)14-7-9-15(10-8-14)26-12-16-11-17(13-5-3-2-4-6-13)18(27-16)20(21,22)23/h2-11H,12H2,1H3. The van der Waals surface area contributed by atoms with Crippen LogP contribution in [0.1, 0.15) is 20.1 Å². The van der Waals surface area contributed by atoms with E-state index in [9.17, 15) is 18.0 Å². The van der Waals surface area contributed by atoms with Gasteiger partial charge in [0.05, 0.1) is 12.7 Å². The molecule has 1 heterocycles. The van der Waals surface area contributed by atoms with Crippen LogP contribution in [0.25, 0.3) is 11.1 Å². The van der Waals surface area contributed by atoms with Gasteiger partial charge in [-0.2, -0.15) is 13.2 Å². The minimum Gasteiger partial charge on any atom is -0.488 e. The van der Waals surface area contributed by atoms with E-state index in [1.807, 2.05) is 0 Å². The summed E-state index contributed by atoms with van der Waals surface area (Å²) in [7, 11) is 1.28. The summed E-state index contributed by atoms with van der Waals surface area (Å²) < 4.78 is 50.3. The zero-order valence-electron chi connectivity index (χ0n) is 14.2. The smallest absolute Gasteiger partial charge is 0.426 e. The molecular weight excluding hydrogens is 377 g/mol. The first-order valence-corrected chi connectivity index (χ1v) is 8.76. The van der Waals surface area contributed by atoms with Crippen LogP contribution in [0.3, 0.4) is 0 Å². The zero-order chi connectivity index (χ0) is 19.4. The highest BCUT2D eigenvalue weighted by Crippen LogP contribution is 2.43.